The minimum atomic E-state index is -0.652. The Labute approximate surface area is 405 Å². The highest BCUT2D eigenvalue weighted by atomic mass is 32.1. The minimum Gasteiger partial charge on any atom is -0.455 e. The fourth-order valence-electron chi connectivity index (χ4n) is 12.7. The van der Waals surface area contributed by atoms with E-state index in [1.807, 2.05) is 11.3 Å². The van der Waals surface area contributed by atoms with Crippen molar-refractivity contribution in [3.63, 3.8) is 0 Å². The normalized spacial score (nSPS) is 14.3. The standard InChI is InChI=1S/C66H43NOS/c1-65(2)53-25-11-7-20-46(53)47-34-32-42(38-58(47)65)67(43-33-35-50-49-22-10-14-29-60(49)69-61(50)39-43)59-28-13-9-21-48(59)51-24-15-27-55-62(51)52-23-8-12-26-54(52)66(55)56-36-30-40-16-3-5-18-44(40)63(56)68-64-45-19-6-4-17-41(45)31-37-57(64)66/h3-39H,1-2H3. The average molecular weight is 898 g/mol. The predicted octanol–water partition coefficient (Wildman–Crippen LogP) is 18.3. The molecular weight excluding hydrogens is 855 g/mol. The Bertz CT molecular complexity index is 4090. The van der Waals surface area contributed by atoms with E-state index in [2.05, 4.69) is 243 Å². The molecule has 0 saturated heterocycles. The Kier molecular flexibility index (Phi) is 7.96. The second-order valence-electron chi connectivity index (χ2n) is 19.5. The van der Waals surface area contributed by atoms with Crippen LogP contribution in [-0.4, -0.2) is 0 Å². The van der Waals surface area contributed by atoms with Crippen LogP contribution in [-0.2, 0) is 10.8 Å². The molecule has 1 spiro atoms. The number of thiophene rings is 1. The molecule has 0 amide bonds. The van der Waals surface area contributed by atoms with Crippen molar-refractivity contribution in [2.75, 3.05) is 4.90 Å². The maximum absolute atomic E-state index is 7.30. The van der Waals surface area contributed by atoms with Crippen molar-refractivity contribution < 1.29 is 4.74 Å². The van der Waals surface area contributed by atoms with E-state index in [1.165, 1.54) is 86.9 Å². The maximum atomic E-state index is 7.30. The van der Waals surface area contributed by atoms with Crippen molar-refractivity contribution in [3.05, 3.63) is 258 Å². The number of hydrogen-bond acceptors (Lipinski definition) is 3. The van der Waals surface area contributed by atoms with Crippen molar-refractivity contribution in [1.29, 1.82) is 0 Å². The molecule has 0 radical (unpaired) electrons. The molecule has 0 N–H and O–H groups in total. The second-order valence-corrected chi connectivity index (χ2v) is 20.6. The van der Waals surface area contributed by atoms with E-state index in [4.69, 9.17) is 4.74 Å². The van der Waals surface area contributed by atoms with E-state index in [0.29, 0.717) is 0 Å². The molecule has 1 aromatic heterocycles. The van der Waals surface area contributed by atoms with Gasteiger partial charge in [-0.1, -0.05) is 202 Å². The Hall–Kier alpha value is -8.24. The summed E-state index contributed by atoms with van der Waals surface area (Å²) >= 11 is 1.87. The van der Waals surface area contributed by atoms with Gasteiger partial charge in [-0.15, -0.1) is 11.3 Å². The SMILES string of the molecule is CC1(C)c2ccccc2-c2ccc(N(c3ccc4c(c3)sc3ccccc34)c3ccccc3-c3cccc4c3-c3ccccc3C43c4ccc5ccccc5c4Oc4c3ccc3ccccc43)cc21. The van der Waals surface area contributed by atoms with E-state index in [-0.39, 0.29) is 5.41 Å². The van der Waals surface area contributed by atoms with Crippen LogP contribution in [0.5, 0.6) is 11.5 Å². The maximum Gasteiger partial charge on any atom is 0.140 e. The molecule has 12 aromatic rings. The summed E-state index contributed by atoms with van der Waals surface area (Å²) in [5.41, 5.74) is 17.7. The molecule has 0 saturated carbocycles. The average Bonchev–Trinajstić information content (AvgIpc) is 4.00. The van der Waals surface area contributed by atoms with Gasteiger partial charge in [0, 0.05) is 64.4 Å². The Morgan fingerprint density at radius 1 is 0.362 bits per heavy atom. The number of para-hydroxylation sites is 1. The van der Waals surface area contributed by atoms with Gasteiger partial charge >= 0.3 is 0 Å². The van der Waals surface area contributed by atoms with Crippen molar-refractivity contribution in [1.82, 2.24) is 0 Å². The van der Waals surface area contributed by atoms with Gasteiger partial charge in [0.05, 0.1) is 11.1 Å². The second kappa shape index (κ2) is 14.1. The van der Waals surface area contributed by atoms with E-state index in [9.17, 15) is 0 Å². The van der Waals surface area contributed by atoms with Crippen LogP contribution in [0.1, 0.15) is 47.2 Å². The molecule has 11 aromatic carbocycles. The highest BCUT2D eigenvalue weighted by Crippen LogP contribution is 2.65. The third kappa shape index (κ3) is 5.20. The number of ether oxygens (including phenoxy) is 1. The van der Waals surface area contributed by atoms with Gasteiger partial charge in [-0.2, -0.15) is 0 Å². The van der Waals surface area contributed by atoms with Gasteiger partial charge in [-0.05, 0) is 97.2 Å². The fourth-order valence-corrected chi connectivity index (χ4v) is 13.8. The monoisotopic (exact) mass is 897 g/mol. The highest BCUT2D eigenvalue weighted by molar-refractivity contribution is 7.25. The summed E-state index contributed by atoms with van der Waals surface area (Å²) in [4.78, 5) is 2.52. The molecule has 69 heavy (non-hydrogen) atoms. The molecule has 0 atom stereocenters. The van der Waals surface area contributed by atoms with Crippen LogP contribution >= 0.6 is 11.3 Å². The molecule has 2 aliphatic carbocycles. The lowest BCUT2D eigenvalue weighted by Gasteiger charge is -2.40. The summed E-state index contributed by atoms with van der Waals surface area (Å²) in [6.45, 7) is 4.75. The Morgan fingerprint density at radius 3 is 1.68 bits per heavy atom. The molecule has 1 aliphatic heterocycles. The van der Waals surface area contributed by atoms with Crippen LogP contribution in [0.25, 0.3) is 75.1 Å². The van der Waals surface area contributed by atoms with Gasteiger partial charge in [0.2, 0.25) is 0 Å². The molecule has 3 heteroatoms. The minimum absolute atomic E-state index is 0.159. The summed E-state index contributed by atoms with van der Waals surface area (Å²) in [5.74, 6) is 1.85. The van der Waals surface area contributed by atoms with Gasteiger partial charge in [0.25, 0.3) is 0 Å². The smallest absolute Gasteiger partial charge is 0.140 e. The van der Waals surface area contributed by atoms with Crippen LogP contribution < -0.4 is 9.64 Å². The van der Waals surface area contributed by atoms with Crippen LogP contribution in [0.3, 0.4) is 0 Å². The number of anilines is 3. The van der Waals surface area contributed by atoms with Crippen molar-refractivity contribution >= 4 is 70.1 Å². The van der Waals surface area contributed by atoms with Crippen LogP contribution in [0, 0.1) is 0 Å². The van der Waals surface area contributed by atoms with Crippen molar-refractivity contribution in [2.24, 2.45) is 0 Å². The zero-order chi connectivity index (χ0) is 45.6. The largest absolute Gasteiger partial charge is 0.455 e. The Balaban J connectivity index is 1.01. The highest BCUT2D eigenvalue weighted by Gasteiger charge is 2.52. The molecular formula is C66H43NOS. The first-order valence-corrected chi connectivity index (χ1v) is 24.8. The molecule has 2 nitrogen and oxygen atoms in total. The Morgan fingerprint density at radius 2 is 0.913 bits per heavy atom. The summed E-state index contributed by atoms with van der Waals surface area (Å²) in [7, 11) is 0. The summed E-state index contributed by atoms with van der Waals surface area (Å²) in [6.07, 6.45) is 0. The number of rotatable bonds is 4. The van der Waals surface area contributed by atoms with E-state index >= 15 is 0 Å². The molecule has 3 aliphatic rings. The molecule has 324 valence electrons. The zero-order valence-electron chi connectivity index (χ0n) is 38.1. The molecule has 15 rings (SSSR count). The first kappa shape index (κ1) is 38.8. The molecule has 0 bridgehead atoms. The fraction of sp³-hybridized carbons (Fsp3) is 0.0606. The summed E-state index contributed by atoms with van der Waals surface area (Å²) in [5, 5.41) is 7.16. The van der Waals surface area contributed by atoms with Crippen LogP contribution in [0.15, 0.2) is 224 Å². The summed E-state index contributed by atoms with van der Waals surface area (Å²) < 4.78 is 9.88. The quantitative estimate of drug-likeness (QED) is 0.175. The number of nitrogens with zero attached hydrogens (tertiary/aromatic N) is 1. The van der Waals surface area contributed by atoms with Crippen molar-refractivity contribution in [3.8, 4) is 44.9 Å². The predicted molar refractivity (Wildman–Crippen MR) is 289 cm³/mol. The number of fused-ring (bicyclic) bond motifs is 19. The van der Waals surface area contributed by atoms with Gasteiger partial charge in [-0.3, -0.25) is 0 Å². The number of hydrogen-bond donors (Lipinski definition) is 0. The van der Waals surface area contributed by atoms with Crippen LogP contribution in [0.2, 0.25) is 0 Å². The van der Waals surface area contributed by atoms with Crippen LogP contribution in [0.4, 0.5) is 17.1 Å². The summed E-state index contributed by atoms with van der Waals surface area (Å²) in [6, 6.07) is 83.8. The van der Waals surface area contributed by atoms with E-state index < -0.39 is 5.41 Å². The van der Waals surface area contributed by atoms with E-state index in [1.54, 1.807) is 0 Å². The topological polar surface area (TPSA) is 12.5 Å². The third-order valence-corrected chi connectivity index (χ3v) is 16.9. The zero-order valence-corrected chi connectivity index (χ0v) is 38.9. The lowest BCUT2D eigenvalue weighted by Crippen LogP contribution is -2.32. The first-order valence-electron chi connectivity index (χ1n) is 24.0. The lowest BCUT2D eigenvalue weighted by molar-refractivity contribution is 0.447. The lowest BCUT2D eigenvalue weighted by atomic mass is 9.65. The third-order valence-electron chi connectivity index (χ3n) is 15.7. The number of benzene rings is 11. The van der Waals surface area contributed by atoms with Gasteiger partial charge in [-0.25, -0.2) is 0 Å². The van der Waals surface area contributed by atoms with Gasteiger partial charge in [0.15, 0.2) is 0 Å². The van der Waals surface area contributed by atoms with Crippen molar-refractivity contribution in [2.45, 2.75) is 24.7 Å². The molecule has 0 fully saturated rings. The molecule has 0 unspecified atom stereocenters. The van der Waals surface area contributed by atoms with Gasteiger partial charge < -0.3 is 9.64 Å². The molecule has 2 heterocycles. The first-order chi connectivity index (χ1) is 34.0. The van der Waals surface area contributed by atoms with E-state index in [0.717, 1.165) is 50.1 Å². The van der Waals surface area contributed by atoms with Gasteiger partial charge in [0.1, 0.15) is 11.5 Å².